The molecule has 25 heteroatoms. The van der Waals surface area contributed by atoms with Gasteiger partial charge in [0.25, 0.3) is 11.8 Å². The van der Waals surface area contributed by atoms with Crippen LogP contribution in [0.15, 0.2) is 170 Å². The molecule has 0 aliphatic heterocycles. The zero-order valence-electron chi connectivity index (χ0n) is 53.8. The highest BCUT2D eigenvalue weighted by Gasteiger charge is 2.36. The summed E-state index contributed by atoms with van der Waals surface area (Å²) in [6.45, 7) is 5.92. The van der Waals surface area contributed by atoms with Crippen LogP contribution < -0.4 is 34.3 Å². The number of methoxy groups -OCH3 is 4. The molecule has 0 atom stereocenters. The Balaban J connectivity index is 0.000000281. The van der Waals surface area contributed by atoms with Crippen LogP contribution in [0.2, 0.25) is 0 Å². The highest BCUT2D eigenvalue weighted by molar-refractivity contribution is 6.01. The number of benzene rings is 8. The summed E-state index contributed by atoms with van der Waals surface area (Å²) in [5, 5.41) is 24.2. The van der Waals surface area contributed by atoms with Crippen molar-refractivity contribution in [3.05, 3.63) is 225 Å². The van der Waals surface area contributed by atoms with Gasteiger partial charge in [-0.15, -0.1) is 0 Å². The Hall–Kier alpha value is -11.4. The molecule has 8 rings (SSSR count). The first-order valence-electron chi connectivity index (χ1n) is 29.6. The predicted molar refractivity (Wildman–Crippen MR) is 346 cm³/mol. The quantitative estimate of drug-likeness (QED) is 0.0264. The Morgan fingerprint density at radius 3 is 1.30 bits per heavy atom. The fourth-order valence-electron chi connectivity index (χ4n) is 9.70. The van der Waals surface area contributed by atoms with E-state index in [4.69, 9.17) is 28.4 Å². The Kier molecular flexibility index (Phi) is 24.2. The van der Waals surface area contributed by atoms with E-state index in [-0.39, 0.29) is 87.8 Å². The summed E-state index contributed by atoms with van der Waals surface area (Å²) in [5.74, 6) is -4.94. The first-order chi connectivity index (χ1) is 45.8. The molecular formula is C72H68F6N4O15. The van der Waals surface area contributed by atoms with E-state index in [2.05, 4.69) is 10.6 Å². The molecule has 508 valence electrons. The summed E-state index contributed by atoms with van der Waals surface area (Å²) >= 11 is 0. The molecule has 0 unspecified atom stereocenters. The van der Waals surface area contributed by atoms with Crippen molar-refractivity contribution >= 4 is 52.9 Å². The number of carboxylic acids is 1. The number of nitrogens with zero attached hydrogens (tertiary/aromatic N) is 2. The van der Waals surface area contributed by atoms with Crippen LogP contribution in [0.5, 0.6) is 34.5 Å². The van der Waals surface area contributed by atoms with Crippen LogP contribution in [0.4, 0.5) is 37.7 Å². The van der Waals surface area contributed by atoms with Crippen molar-refractivity contribution in [2.45, 2.75) is 71.6 Å². The monoisotopic (exact) mass is 1340 g/mol. The number of amides is 4. The van der Waals surface area contributed by atoms with Gasteiger partial charge in [-0.25, -0.2) is 4.79 Å². The standard InChI is InChI=1S/C41H35F3N2O8.C31H33F3N2O7/c1-25-4-8-27(9-5-25)28-10-12-29(13-11-28)40(51)54-32-16-6-26(7-17-32)23-46(24-38(48)49)39(50)34-19-15-31(21-36(34)53-3)45-37(47)20-30-14-18-33(52-2)22-35(30)41(42,43)44;1-30(2,3)43-28(39)18-36(17-19-6-10-22(37)11-7-19)29(40)24-13-9-21(15-26(24)42-5)35-27(38)14-20-8-12-23(41-4)16-25(20)31(32,33)34/h4-19,21-22H,20,23-24H2,1-3H3,(H,45,47)(H,48,49);6-13,15-16,37H,14,17-18H2,1-5H3,(H,35,38). The molecule has 4 amide bonds. The van der Waals surface area contributed by atoms with Gasteiger partial charge in [-0.2, -0.15) is 26.3 Å². The number of anilines is 2. The first-order valence-corrected chi connectivity index (χ1v) is 29.6. The molecule has 8 aromatic rings. The lowest BCUT2D eigenvalue weighted by Crippen LogP contribution is -2.38. The number of esters is 2. The van der Waals surface area contributed by atoms with E-state index in [0.717, 1.165) is 39.8 Å². The average molecular weight is 1340 g/mol. The number of phenols is 1. The normalized spacial score (nSPS) is 11.2. The molecular weight excluding hydrogens is 1270 g/mol. The summed E-state index contributed by atoms with van der Waals surface area (Å²) in [6.07, 6.45) is -10.6. The fourth-order valence-corrected chi connectivity index (χ4v) is 9.70. The maximum absolute atomic E-state index is 13.6. The SMILES string of the molecule is COc1ccc(CC(=O)Nc2ccc(C(=O)N(CC(=O)O)Cc3ccc(OC(=O)c4ccc(-c5ccc(C)cc5)cc4)cc3)c(OC)c2)c(C(F)(F)F)c1.COc1ccc(CC(=O)Nc2ccc(C(=O)N(CC(=O)OC(C)(C)C)Cc3ccc(O)cc3)c(OC)c2)c(C(F)(F)F)c1. The highest BCUT2D eigenvalue weighted by Crippen LogP contribution is 2.37. The minimum Gasteiger partial charge on any atom is -0.508 e. The molecule has 0 aliphatic carbocycles. The lowest BCUT2D eigenvalue weighted by molar-refractivity contribution is -0.155. The second kappa shape index (κ2) is 32.2. The van der Waals surface area contributed by atoms with Gasteiger partial charge in [0.05, 0.1) is 69.1 Å². The van der Waals surface area contributed by atoms with Crippen molar-refractivity contribution in [3.8, 4) is 45.6 Å². The number of aryl methyl sites for hydroxylation is 1. The summed E-state index contributed by atoms with van der Waals surface area (Å²) in [7, 11) is 5.05. The summed E-state index contributed by atoms with van der Waals surface area (Å²) in [4.78, 5) is 92.3. The molecule has 0 radical (unpaired) electrons. The Morgan fingerprint density at radius 1 is 0.485 bits per heavy atom. The van der Waals surface area contributed by atoms with E-state index < -0.39 is 90.0 Å². The maximum atomic E-state index is 13.6. The number of carbonyl (C=O) groups excluding carboxylic acids is 6. The van der Waals surface area contributed by atoms with Crippen molar-refractivity contribution in [1.29, 1.82) is 0 Å². The number of carbonyl (C=O) groups is 7. The zero-order chi connectivity index (χ0) is 70.9. The molecule has 0 fully saturated rings. The van der Waals surface area contributed by atoms with E-state index in [1.807, 2.05) is 43.3 Å². The van der Waals surface area contributed by atoms with Crippen LogP contribution in [-0.2, 0) is 62.2 Å². The van der Waals surface area contributed by atoms with Gasteiger partial charge in [-0.3, -0.25) is 28.8 Å². The number of nitrogens with one attached hydrogen (secondary N) is 2. The highest BCUT2D eigenvalue weighted by atomic mass is 19.4. The van der Waals surface area contributed by atoms with E-state index >= 15 is 0 Å². The topological polar surface area (TPSA) is 246 Å². The first kappa shape index (κ1) is 73.0. The summed E-state index contributed by atoms with van der Waals surface area (Å²) < 4.78 is 113. The summed E-state index contributed by atoms with van der Waals surface area (Å²) in [5.41, 5.74) is 1.69. The average Bonchev–Trinajstić information content (AvgIpc) is 0.844. The minimum atomic E-state index is -4.72. The van der Waals surface area contributed by atoms with Crippen molar-refractivity contribution in [2.75, 3.05) is 52.2 Å². The molecule has 8 aromatic carbocycles. The van der Waals surface area contributed by atoms with Gasteiger partial charge in [0.15, 0.2) is 0 Å². The second-order valence-electron chi connectivity index (χ2n) is 22.8. The lowest BCUT2D eigenvalue weighted by atomic mass is 10.0. The van der Waals surface area contributed by atoms with Gasteiger partial charge in [-0.1, -0.05) is 78.4 Å². The zero-order valence-corrected chi connectivity index (χ0v) is 53.8. The van der Waals surface area contributed by atoms with Gasteiger partial charge in [0.1, 0.15) is 53.2 Å². The Bertz CT molecular complexity index is 4140. The van der Waals surface area contributed by atoms with Crippen LogP contribution in [0, 0.1) is 6.92 Å². The van der Waals surface area contributed by atoms with E-state index in [9.17, 15) is 70.1 Å². The summed E-state index contributed by atoms with van der Waals surface area (Å²) in [6, 6.07) is 42.1. The van der Waals surface area contributed by atoms with Crippen molar-refractivity contribution in [1.82, 2.24) is 9.80 Å². The molecule has 0 aliphatic rings. The van der Waals surface area contributed by atoms with Crippen LogP contribution in [-0.4, -0.2) is 109 Å². The molecule has 4 N–H and O–H groups in total. The van der Waals surface area contributed by atoms with Crippen molar-refractivity contribution in [2.24, 2.45) is 0 Å². The number of aliphatic carboxylic acids is 1. The van der Waals surface area contributed by atoms with Gasteiger partial charge in [0.2, 0.25) is 11.8 Å². The molecule has 97 heavy (non-hydrogen) atoms. The largest absolute Gasteiger partial charge is 0.508 e. The third-order valence-electron chi connectivity index (χ3n) is 14.3. The molecule has 0 bridgehead atoms. The lowest BCUT2D eigenvalue weighted by Gasteiger charge is -2.26. The second-order valence-corrected chi connectivity index (χ2v) is 22.8. The van der Waals surface area contributed by atoms with E-state index in [1.54, 1.807) is 57.2 Å². The molecule has 0 aromatic heterocycles. The molecule has 0 saturated carbocycles. The Labute approximate surface area is 554 Å². The van der Waals surface area contributed by atoms with Gasteiger partial charge in [-0.05, 0) is 146 Å². The van der Waals surface area contributed by atoms with Gasteiger partial charge in [0, 0.05) is 36.6 Å². The smallest absolute Gasteiger partial charge is 0.416 e. The maximum Gasteiger partial charge on any atom is 0.416 e. The number of hydrogen-bond acceptors (Lipinski definition) is 14. The van der Waals surface area contributed by atoms with Gasteiger partial charge < -0.3 is 59.1 Å². The number of hydrogen-bond donors (Lipinski definition) is 4. The van der Waals surface area contributed by atoms with E-state index in [1.165, 1.54) is 112 Å². The molecule has 0 heterocycles. The predicted octanol–water partition coefficient (Wildman–Crippen LogP) is 13.4. The number of ether oxygens (including phenoxy) is 6. The fraction of sp³-hybridized carbons (Fsp3) is 0.236. The van der Waals surface area contributed by atoms with Crippen LogP contribution >= 0.6 is 0 Å². The number of rotatable bonds is 23. The minimum absolute atomic E-state index is 0.00337. The van der Waals surface area contributed by atoms with Gasteiger partial charge >= 0.3 is 30.3 Å². The third kappa shape index (κ3) is 21.1. The molecule has 19 nitrogen and oxygen atoms in total. The van der Waals surface area contributed by atoms with E-state index in [0.29, 0.717) is 16.7 Å². The number of halogens is 6. The van der Waals surface area contributed by atoms with Crippen LogP contribution in [0.3, 0.4) is 0 Å². The third-order valence-corrected chi connectivity index (χ3v) is 14.3. The Morgan fingerprint density at radius 2 is 0.897 bits per heavy atom. The van der Waals surface area contributed by atoms with Crippen molar-refractivity contribution in [3.63, 3.8) is 0 Å². The van der Waals surface area contributed by atoms with Crippen molar-refractivity contribution < 1.29 is 98.5 Å². The number of phenolic OH excluding ortho intramolecular Hbond substituents is 1. The number of alkyl halides is 6. The molecule has 0 saturated heterocycles. The number of aromatic hydroxyl groups is 1. The molecule has 0 spiro atoms. The van der Waals surface area contributed by atoms with Crippen LogP contribution in [0.25, 0.3) is 11.1 Å². The van der Waals surface area contributed by atoms with Crippen LogP contribution in [0.1, 0.15) is 90.8 Å². The number of carboxylic acid groups (broad SMARTS) is 1.